The van der Waals surface area contributed by atoms with E-state index < -0.39 is 0 Å². The van der Waals surface area contributed by atoms with Gasteiger partial charge in [-0.15, -0.1) is 11.3 Å². The number of rotatable bonds is 5. The summed E-state index contributed by atoms with van der Waals surface area (Å²) in [6.45, 7) is 9.39. The Morgan fingerprint density at radius 2 is 2.33 bits per heavy atom. The van der Waals surface area contributed by atoms with Gasteiger partial charge in [0.25, 0.3) is 0 Å². The van der Waals surface area contributed by atoms with E-state index in [1.807, 2.05) is 6.07 Å². The molecule has 18 heavy (non-hydrogen) atoms. The van der Waals surface area contributed by atoms with Gasteiger partial charge in [-0.1, -0.05) is 26.2 Å². The third-order valence-electron chi connectivity index (χ3n) is 3.00. The van der Waals surface area contributed by atoms with Gasteiger partial charge in [-0.25, -0.2) is 0 Å². The second-order valence-corrected chi connectivity index (χ2v) is 5.49. The number of nitrogens with one attached hydrogen (secondary N) is 1. The maximum atomic E-state index is 11.8. The fourth-order valence-electron chi connectivity index (χ4n) is 1.76. The van der Waals surface area contributed by atoms with Crippen LogP contribution in [0.5, 0.6) is 0 Å². The molecule has 3 nitrogen and oxygen atoms in total. The highest BCUT2D eigenvalue weighted by molar-refractivity contribution is 7.18. The van der Waals surface area contributed by atoms with Gasteiger partial charge in [0.15, 0.2) is 0 Å². The summed E-state index contributed by atoms with van der Waals surface area (Å²) in [4.78, 5) is 16.8. The highest BCUT2D eigenvalue weighted by Gasteiger charge is 2.39. The van der Waals surface area contributed by atoms with Gasteiger partial charge in [0.05, 0.1) is 9.88 Å². The number of hydrogen-bond acceptors (Lipinski definition) is 3. The number of anilines is 1. The molecular formula is C14H16N2OS. The van der Waals surface area contributed by atoms with Crippen molar-refractivity contribution in [3.05, 3.63) is 35.9 Å². The summed E-state index contributed by atoms with van der Waals surface area (Å²) < 4.78 is 0. The molecular weight excluding hydrogens is 244 g/mol. The van der Waals surface area contributed by atoms with Crippen molar-refractivity contribution < 1.29 is 4.79 Å². The van der Waals surface area contributed by atoms with Gasteiger partial charge < -0.3 is 5.32 Å². The van der Waals surface area contributed by atoms with E-state index in [9.17, 15) is 4.79 Å². The summed E-state index contributed by atoms with van der Waals surface area (Å²) in [6, 6.07) is 1.92. The van der Waals surface area contributed by atoms with Crippen LogP contribution in [0.25, 0.3) is 6.08 Å². The van der Waals surface area contributed by atoms with E-state index in [1.54, 1.807) is 12.3 Å². The monoisotopic (exact) mass is 260 g/mol. The molecule has 2 unspecified atom stereocenters. The molecule has 1 saturated carbocycles. The minimum Gasteiger partial charge on any atom is -0.317 e. The summed E-state index contributed by atoms with van der Waals surface area (Å²) in [5.74, 6) is 0.821. The first kappa shape index (κ1) is 12.8. The Hall–Kier alpha value is -1.68. The van der Waals surface area contributed by atoms with Gasteiger partial charge >= 0.3 is 0 Å². The molecule has 0 aliphatic heterocycles. The van der Waals surface area contributed by atoms with Crippen molar-refractivity contribution in [1.82, 2.24) is 0 Å². The summed E-state index contributed by atoms with van der Waals surface area (Å²) in [5, 5.41) is 3.80. The lowest BCUT2D eigenvalue weighted by Crippen LogP contribution is -2.13. The molecule has 0 aromatic carbocycles. The van der Waals surface area contributed by atoms with Crippen molar-refractivity contribution in [1.29, 1.82) is 0 Å². The minimum absolute atomic E-state index is 0.117. The van der Waals surface area contributed by atoms with Crippen LogP contribution in [0.2, 0.25) is 0 Å². The second kappa shape index (κ2) is 5.31. The molecule has 0 saturated heterocycles. The molecule has 1 fully saturated rings. The molecule has 1 aliphatic carbocycles. The maximum absolute atomic E-state index is 11.8. The van der Waals surface area contributed by atoms with Crippen molar-refractivity contribution in [3.63, 3.8) is 0 Å². The Balaban J connectivity index is 2.11. The Kier molecular flexibility index (Phi) is 3.77. The number of carbonyl (C=O) groups excluding carboxylic acids is 1. The van der Waals surface area contributed by atoms with E-state index in [0.717, 1.165) is 21.9 Å². The van der Waals surface area contributed by atoms with E-state index in [0.29, 0.717) is 5.92 Å². The zero-order chi connectivity index (χ0) is 13.1. The Morgan fingerprint density at radius 1 is 1.61 bits per heavy atom. The number of hydrogen-bond donors (Lipinski definition) is 1. The summed E-state index contributed by atoms with van der Waals surface area (Å²) in [7, 11) is 0. The first-order valence-corrected chi connectivity index (χ1v) is 6.68. The van der Waals surface area contributed by atoms with Crippen molar-refractivity contribution in [2.45, 2.75) is 13.3 Å². The predicted molar refractivity (Wildman–Crippen MR) is 78.1 cm³/mol. The average Bonchev–Trinajstić information content (AvgIpc) is 2.96. The van der Waals surface area contributed by atoms with Gasteiger partial charge in [0.1, 0.15) is 0 Å². The van der Waals surface area contributed by atoms with Crippen LogP contribution in [-0.4, -0.2) is 12.1 Å². The number of aliphatic imine (C=N–C) groups is 1. The maximum Gasteiger partial charge on any atom is 0.228 e. The fourth-order valence-corrected chi connectivity index (χ4v) is 2.71. The first-order valence-electron chi connectivity index (χ1n) is 5.87. The van der Waals surface area contributed by atoms with Gasteiger partial charge in [0, 0.05) is 18.3 Å². The highest BCUT2D eigenvalue weighted by atomic mass is 32.1. The van der Waals surface area contributed by atoms with Gasteiger partial charge in [0.2, 0.25) is 5.91 Å². The van der Waals surface area contributed by atoms with Crippen molar-refractivity contribution in [2.75, 3.05) is 5.32 Å². The minimum atomic E-state index is 0.117. The Morgan fingerprint density at radius 3 is 2.89 bits per heavy atom. The quantitative estimate of drug-likeness (QED) is 0.808. The third-order valence-corrected chi connectivity index (χ3v) is 4.00. The molecule has 0 spiro atoms. The van der Waals surface area contributed by atoms with Crippen molar-refractivity contribution in [3.8, 4) is 0 Å². The normalized spacial score (nSPS) is 21.8. The van der Waals surface area contributed by atoms with E-state index >= 15 is 0 Å². The lowest BCUT2D eigenvalue weighted by atomic mass is 10.2. The van der Waals surface area contributed by atoms with Crippen LogP contribution >= 0.6 is 11.3 Å². The zero-order valence-corrected chi connectivity index (χ0v) is 11.2. The summed E-state index contributed by atoms with van der Waals surface area (Å²) in [6.07, 6.45) is 5.97. The standard InChI is InChI=1S/C14H16N2OS/c1-4-10-7-13(18-12(10)8-15-5-2)16-14(17)11-6-9(11)3/h4-5,7-9,11H,1-2,6H2,3H3,(H,16,17). The molecule has 1 heterocycles. The van der Waals surface area contributed by atoms with Crippen molar-refractivity contribution in [2.24, 2.45) is 16.8 Å². The van der Waals surface area contributed by atoms with Gasteiger partial charge in [-0.2, -0.15) is 0 Å². The molecule has 1 amide bonds. The van der Waals surface area contributed by atoms with Crippen LogP contribution in [0.1, 0.15) is 23.8 Å². The molecule has 4 heteroatoms. The van der Waals surface area contributed by atoms with E-state index in [2.05, 4.69) is 30.4 Å². The lowest BCUT2D eigenvalue weighted by molar-refractivity contribution is -0.117. The SMILES string of the molecule is C=CN=Cc1sc(NC(=O)C2CC2C)cc1C=C. The summed E-state index contributed by atoms with van der Waals surface area (Å²) >= 11 is 1.50. The van der Waals surface area contributed by atoms with Crippen LogP contribution < -0.4 is 5.32 Å². The number of carbonyl (C=O) groups is 1. The van der Waals surface area contributed by atoms with Crippen molar-refractivity contribution >= 4 is 34.5 Å². The van der Waals surface area contributed by atoms with E-state index in [4.69, 9.17) is 0 Å². The molecule has 2 atom stereocenters. The topological polar surface area (TPSA) is 41.5 Å². The smallest absolute Gasteiger partial charge is 0.228 e. The fraction of sp³-hybridized carbons (Fsp3) is 0.286. The molecule has 0 bridgehead atoms. The number of thiophene rings is 1. The highest BCUT2D eigenvalue weighted by Crippen LogP contribution is 2.39. The van der Waals surface area contributed by atoms with Gasteiger partial charge in [-0.3, -0.25) is 9.79 Å². The predicted octanol–water partition coefficient (Wildman–Crippen LogP) is 3.55. The second-order valence-electron chi connectivity index (χ2n) is 4.40. The lowest BCUT2D eigenvalue weighted by Gasteiger charge is -1.99. The molecule has 1 aromatic heterocycles. The molecule has 2 rings (SSSR count). The third kappa shape index (κ3) is 2.76. The number of nitrogens with zero attached hydrogens (tertiary/aromatic N) is 1. The molecule has 94 valence electrons. The van der Waals surface area contributed by atoms with Crippen LogP contribution in [0.3, 0.4) is 0 Å². The van der Waals surface area contributed by atoms with Crippen LogP contribution in [0.15, 0.2) is 30.4 Å². The molecule has 1 N–H and O–H groups in total. The van der Waals surface area contributed by atoms with Gasteiger partial charge in [-0.05, 0) is 24.0 Å². The molecule has 1 aliphatic rings. The van der Waals surface area contributed by atoms with Crippen LogP contribution in [0.4, 0.5) is 5.00 Å². The van der Waals surface area contributed by atoms with E-state index in [-0.39, 0.29) is 11.8 Å². The Bertz CT molecular complexity index is 516. The Labute approximate surface area is 111 Å². The summed E-state index contributed by atoms with van der Waals surface area (Å²) in [5.41, 5.74) is 0.977. The average molecular weight is 260 g/mol. The zero-order valence-electron chi connectivity index (χ0n) is 10.3. The largest absolute Gasteiger partial charge is 0.317 e. The van der Waals surface area contributed by atoms with Crippen LogP contribution in [0, 0.1) is 11.8 Å². The molecule has 0 radical (unpaired) electrons. The number of amides is 1. The first-order chi connectivity index (χ1) is 8.65. The van der Waals surface area contributed by atoms with Crippen LogP contribution in [-0.2, 0) is 4.79 Å². The molecule has 1 aromatic rings. The van der Waals surface area contributed by atoms with E-state index in [1.165, 1.54) is 17.5 Å².